The van der Waals surface area contributed by atoms with Gasteiger partial charge in [-0.15, -0.1) is 0 Å². The molecule has 0 unspecified atom stereocenters. The van der Waals surface area contributed by atoms with Crippen LogP contribution in [0.4, 0.5) is 0 Å². The monoisotopic (exact) mass is 634 g/mol. The Bertz CT molecular complexity index is 1620. The van der Waals surface area contributed by atoms with Crippen LogP contribution in [0.5, 0.6) is 17.2 Å². The van der Waals surface area contributed by atoms with Crippen molar-refractivity contribution in [2.75, 3.05) is 26.8 Å². The number of aryl methyl sites for hydroxylation is 3. The average Bonchev–Trinajstić information content (AvgIpc) is 3.02. The SMILES string of the molecule is COc1cc2ccc1OCC(=O)N[C@@H]1CN(C(=O)c3c(C)cc(C)[nH]c3=O)CC[C@H]1Oc1ccc(cc1)CNC(=O)CC2.O=CO. The molecule has 13 nitrogen and oxygen atoms in total. The van der Waals surface area contributed by atoms with Crippen LogP contribution in [0.25, 0.3) is 0 Å². The standard InChI is InChI=1S/C32H36N4O7.CH2O2/c1-19-14-20(2)34-31(39)30(19)32(40)36-13-12-25-24(17-36)35-29(38)18-42-26-10-6-21(15-27(26)41-3)7-11-28(37)33-16-22-4-8-23(43-25)9-5-22;2-1-3/h4-6,8-10,14-15,24-25H,7,11-13,16-18H2,1-3H3,(H,33,37)(H,34,39)(H,35,38);1H,(H,2,3)/t24-,25-;/m1./s1. The zero-order chi connectivity index (χ0) is 33.2. The molecular formula is C33H38N4O9. The molecule has 6 heterocycles. The van der Waals surface area contributed by atoms with Crippen LogP contribution in [0.3, 0.4) is 0 Å². The van der Waals surface area contributed by atoms with Gasteiger partial charge in [-0.25, -0.2) is 0 Å². The maximum Gasteiger partial charge on any atom is 0.290 e. The number of carbonyl (C=O) groups excluding carboxylic acids is 3. The van der Waals surface area contributed by atoms with E-state index in [9.17, 15) is 19.2 Å². The van der Waals surface area contributed by atoms with Crippen LogP contribution >= 0.6 is 0 Å². The maximum absolute atomic E-state index is 13.5. The number of ether oxygens (including phenoxy) is 3. The molecule has 2 aromatic carbocycles. The number of rotatable bonds is 2. The van der Waals surface area contributed by atoms with E-state index in [2.05, 4.69) is 15.6 Å². The van der Waals surface area contributed by atoms with E-state index in [1.807, 2.05) is 30.3 Å². The van der Waals surface area contributed by atoms with Crippen molar-refractivity contribution in [2.45, 2.75) is 51.8 Å². The number of piperidine rings is 1. The fraction of sp³-hybridized carbons (Fsp3) is 0.364. The minimum Gasteiger partial charge on any atom is -0.493 e. The second kappa shape index (κ2) is 15.6. The highest BCUT2D eigenvalue weighted by molar-refractivity contribution is 5.95. The first-order valence-electron chi connectivity index (χ1n) is 14.8. The molecule has 5 aliphatic rings. The summed E-state index contributed by atoms with van der Waals surface area (Å²) in [5, 5.41) is 12.8. The normalized spacial score (nSPS) is 18.4. The minimum atomic E-state index is -0.576. The summed E-state index contributed by atoms with van der Waals surface area (Å²) in [4.78, 5) is 64.4. The van der Waals surface area contributed by atoms with Crippen molar-refractivity contribution in [2.24, 2.45) is 0 Å². The smallest absolute Gasteiger partial charge is 0.290 e. The molecule has 4 N–H and O–H groups in total. The molecule has 3 amide bonds. The lowest BCUT2D eigenvalue weighted by atomic mass is 9.99. The number of pyridine rings is 1. The highest BCUT2D eigenvalue weighted by Gasteiger charge is 2.35. The van der Waals surface area contributed by atoms with Crippen LogP contribution in [-0.4, -0.2) is 78.1 Å². The van der Waals surface area contributed by atoms with Gasteiger partial charge in [0.1, 0.15) is 17.4 Å². The lowest BCUT2D eigenvalue weighted by Crippen LogP contribution is -2.59. The van der Waals surface area contributed by atoms with E-state index in [1.54, 1.807) is 36.9 Å². The second-order valence-corrected chi connectivity index (χ2v) is 11.0. The van der Waals surface area contributed by atoms with Gasteiger partial charge in [-0.1, -0.05) is 18.2 Å². The summed E-state index contributed by atoms with van der Waals surface area (Å²) in [6.45, 7) is 3.82. The van der Waals surface area contributed by atoms with Crippen molar-refractivity contribution in [1.82, 2.24) is 20.5 Å². The van der Waals surface area contributed by atoms with E-state index in [1.165, 1.54) is 7.11 Å². The van der Waals surface area contributed by atoms with Crippen molar-refractivity contribution in [3.8, 4) is 17.2 Å². The van der Waals surface area contributed by atoms with Gasteiger partial charge in [0.25, 0.3) is 23.8 Å². The predicted octanol–water partition coefficient (Wildman–Crippen LogP) is 2.12. The number of likely N-dealkylation sites (tertiary alicyclic amines) is 1. The molecule has 1 aromatic heterocycles. The Morgan fingerprint density at radius 3 is 2.43 bits per heavy atom. The molecular weight excluding hydrogens is 596 g/mol. The Labute approximate surface area is 265 Å². The highest BCUT2D eigenvalue weighted by Crippen LogP contribution is 2.29. The van der Waals surface area contributed by atoms with Crippen molar-refractivity contribution in [3.05, 3.63) is 86.8 Å². The van der Waals surface area contributed by atoms with Gasteiger partial charge in [0, 0.05) is 38.2 Å². The van der Waals surface area contributed by atoms with Crippen LogP contribution in [-0.2, 0) is 27.3 Å². The molecule has 8 rings (SSSR count). The lowest BCUT2D eigenvalue weighted by Gasteiger charge is -2.39. The van der Waals surface area contributed by atoms with Crippen molar-refractivity contribution in [3.63, 3.8) is 0 Å². The number of H-pyrrole nitrogens is 1. The first kappa shape index (κ1) is 33.6. The van der Waals surface area contributed by atoms with Gasteiger partial charge < -0.3 is 39.8 Å². The number of aromatic nitrogens is 1. The second-order valence-electron chi connectivity index (χ2n) is 11.0. The van der Waals surface area contributed by atoms with E-state index in [0.717, 1.165) is 11.1 Å². The quantitative estimate of drug-likeness (QED) is 0.308. The summed E-state index contributed by atoms with van der Waals surface area (Å²) in [5.41, 5.74) is 2.73. The molecule has 5 aliphatic heterocycles. The Morgan fingerprint density at radius 2 is 1.74 bits per heavy atom. The minimum absolute atomic E-state index is 0.0716. The number of carbonyl (C=O) groups is 4. The maximum atomic E-state index is 13.5. The largest absolute Gasteiger partial charge is 0.493 e. The highest BCUT2D eigenvalue weighted by atomic mass is 16.5. The summed E-state index contributed by atoms with van der Waals surface area (Å²) < 4.78 is 17.6. The van der Waals surface area contributed by atoms with Crippen LogP contribution in [0.2, 0.25) is 0 Å². The number of hydrogen-bond acceptors (Lipinski definition) is 8. The topological polar surface area (TPSA) is 176 Å². The zero-order valence-corrected chi connectivity index (χ0v) is 26.0. The molecule has 46 heavy (non-hydrogen) atoms. The number of amides is 3. The van der Waals surface area contributed by atoms with Crippen molar-refractivity contribution < 1.29 is 38.5 Å². The fourth-order valence-electron chi connectivity index (χ4n) is 5.46. The van der Waals surface area contributed by atoms with Crippen LogP contribution in [0, 0.1) is 13.8 Å². The van der Waals surface area contributed by atoms with Crippen LogP contribution < -0.4 is 30.4 Å². The Morgan fingerprint density at radius 1 is 1.02 bits per heavy atom. The molecule has 0 radical (unpaired) electrons. The number of methoxy groups -OCH3 is 1. The first-order chi connectivity index (χ1) is 22.1. The van der Waals surface area contributed by atoms with E-state index < -0.39 is 29.5 Å². The molecule has 3 aromatic rings. The van der Waals surface area contributed by atoms with E-state index in [-0.39, 0.29) is 31.1 Å². The van der Waals surface area contributed by atoms with E-state index in [0.29, 0.717) is 60.9 Å². The molecule has 244 valence electrons. The first-order valence-corrected chi connectivity index (χ1v) is 14.8. The summed E-state index contributed by atoms with van der Waals surface area (Å²) in [5.74, 6) is 0.573. The lowest BCUT2D eigenvalue weighted by molar-refractivity contribution is -0.125. The number of aromatic amines is 1. The van der Waals surface area contributed by atoms with Gasteiger partial charge in [-0.2, -0.15) is 0 Å². The van der Waals surface area contributed by atoms with Gasteiger partial charge in [0.05, 0.1) is 13.2 Å². The number of hydrogen-bond donors (Lipinski definition) is 4. The number of carboxylic acid groups (broad SMARTS) is 1. The molecule has 0 aliphatic carbocycles. The zero-order valence-electron chi connectivity index (χ0n) is 26.0. The van der Waals surface area contributed by atoms with Gasteiger partial charge in [0.2, 0.25) is 5.91 Å². The molecule has 1 fully saturated rings. The molecule has 1 saturated heterocycles. The number of nitrogens with one attached hydrogen (secondary N) is 3. The predicted molar refractivity (Wildman–Crippen MR) is 167 cm³/mol. The van der Waals surface area contributed by atoms with E-state index in [4.69, 9.17) is 24.1 Å². The summed E-state index contributed by atoms with van der Waals surface area (Å²) in [6.07, 6.45) is 0.804. The van der Waals surface area contributed by atoms with Crippen molar-refractivity contribution in [1.29, 1.82) is 0 Å². The Kier molecular flexibility index (Phi) is 11.4. The molecule has 2 atom stereocenters. The summed E-state index contributed by atoms with van der Waals surface area (Å²) in [7, 11) is 1.51. The molecule has 4 bridgehead atoms. The third kappa shape index (κ3) is 8.65. The summed E-state index contributed by atoms with van der Waals surface area (Å²) in [6, 6.07) is 13.9. The van der Waals surface area contributed by atoms with Gasteiger partial charge >= 0.3 is 0 Å². The van der Waals surface area contributed by atoms with E-state index >= 15 is 0 Å². The van der Waals surface area contributed by atoms with Gasteiger partial charge in [0.15, 0.2) is 18.1 Å². The summed E-state index contributed by atoms with van der Waals surface area (Å²) >= 11 is 0. The number of nitrogens with zero attached hydrogens (tertiary/aromatic N) is 1. The fourth-order valence-corrected chi connectivity index (χ4v) is 5.46. The molecule has 0 spiro atoms. The van der Waals surface area contributed by atoms with Gasteiger partial charge in [-0.05, 0) is 67.3 Å². The van der Waals surface area contributed by atoms with Crippen LogP contribution in [0.15, 0.2) is 53.3 Å². The van der Waals surface area contributed by atoms with Crippen LogP contribution in [0.1, 0.15) is 45.6 Å². The number of benzene rings is 2. The van der Waals surface area contributed by atoms with Gasteiger partial charge in [-0.3, -0.25) is 24.0 Å². The third-order valence-corrected chi connectivity index (χ3v) is 7.69. The average molecular weight is 635 g/mol. The third-order valence-electron chi connectivity index (χ3n) is 7.69. The molecule has 0 saturated carbocycles. The van der Waals surface area contributed by atoms with Crippen molar-refractivity contribution >= 4 is 24.2 Å². The Hall–Kier alpha value is -5.33. The Balaban J connectivity index is 0.00000154. The molecule has 13 heteroatoms.